The lowest BCUT2D eigenvalue weighted by atomic mass is 10.4. The van der Waals surface area contributed by atoms with Crippen LogP contribution in [0, 0.1) is 13.8 Å². The van der Waals surface area contributed by atoms with Crippen molar-refractivity contribution in [3.63, 3.8) is 0 Å². The SMILES string of the molecule is Cc1cnn(CCNc2cccc(C)n2)c1. The molecule has 4 nitrogen and oxygen atoms in total. The second-order valence-corrected chi connectivity index (χ2v) is 3.87. The van der Waals surface area contributed by atoms with Crippen LogP contribution >= 0.6 is 0 Å². The molecule has 0 saturated heterocycles. The molecule has 0 spiro atoms. The first-order valence-corrected chi connectivity index (χ1v) is 5.40. The predicted molar refractivity (Wildman–Crippen MR) is 64.4 cm³/mol. The Hall–Kier alpha value is -1.84. The molecule has 0 amide bonds. The minimum Gasteiger partial charge on any atom is -0.368 e. The Bertz CT molecular complexity index is 462. The summed E-state index contributed by atoms with van der Waals surface area (Å²) in [4.78, 5) is 4.37. The Morgan fingerprint density at radius 3 is 2.88 bits per heavy atom. The number of hydrogen-bond donors (Lipinski definition) is 1. The summed E-state index contributed by atoms with van der Waals surface area (Å²) in [5.74, 6) is 0.920. The molecule has 2 aromatic heterocycles. The predicted octanol–water partition coefficient (Wildman–Crippen LogP) is 2.01. The topological polar surface area (TPSA) is 42.7 Å². The van der Waals surface area contributed by atoms with Crippen molar-refractivity contribution < 1.29 is 0 Å². The van der Waals surface area contributed by atoms with Crippen molar-refractivity contribution in [3.05, 3.63) is 41.9 Å². The molecule has 0 bridgehead atoms. The van der Waals surface area contributed by atoms with E-state index in [1.807, 2.05) is 49.1 Å². The molecular weight excluding hydrogens is 200 g/mol. The number of nitrogens with one attached hydrogen (secondary N) is 1. The van der Waals surface area contributed by atoms with E-state index in [1.54, 1.807) is 0 Å². The quantitative estimate of drug-likeness (QED) is 0.850. The molecule has 0 aliphatic rings. The second kappa shape index (κ2) is 4.79. The van der Waals surface area contributed by atoms with Crippen molar-refractivity contribution in [3.8, 4) is 0 Å². The highest BCUT2D eigenvalue weighted by molar-refractivity contribution is 5.34. The maximum absolute atomic E-state index is 4.37. The summed E-state index contributed by atoms with van der Waals surface area (Å²) < 4.78 is 1.93. The summed E-state index contributed by atoms with van der Waals surface area (Å²) in [6.07, 6.45) is 3.90. The number of aromatic nitrogens is 3. The van der Waals surface area contributed by atoms with Crippen LogP contribution in [0.3, 0.4) is 0 Å². The van der Waals surface area contributed by atoms with E-state index in [0.717, 1.165) is 24.6 Å². The fourth-order valence-corrected chi connectivity index (χ4v) is 1.53. The first-order chi connectivity index (χ1) is 7.74. The van der Waals surface area contributed by atoms with Crippen molar-refractivity contribution in [2.45, 2.75) is 20.4 Å². The number of aryl methyl sites for hydroxylation is 2. The molecule has 0 aromatic carbocycles. The summed E-state index contributed by atoms with van der Waals surface area (Å²) >= 11 is 0. The van der Waals surface area contributed by atoms with Gasteiger partial charge in [0.05, 0.1) is 12.7 Å². The molecule has 0 aliphatic heterocycles. The Kier molecular flexibility index (Phi) is 3.19. The number of nitrogens with zero attached hydrogens (tertiary/aromatic N) is 3. The smallest absolute Gasteiger partial charge is 0.126 e. The second-order valence-electron chi connectivity index (χ2n) is 3.87. The zero-order valence-corrected chi connectivity index (χ0v) is 9.64. The van der Waals surface area contributed by atoms with E-state index in [9.17, 15) is 0 Å². The summed E-state index contributed by atoms with van der Waals surface area (Å²) in [5.41, 5.74) is 2.22. The highest BCUT2D eigenvalue weighted by Crippen LogP contribution is 2.03. The van der Waals surface area contributed by atoms with Crippen molar-refractivity contribution >= 4 is 5.82 Å². The maximum atomic E-state index is 4.37. The third kappa shape index (κ3) is 2.82. The number of pyridine rings is 1. The average Bonchev–Trinajstić information content (AvgIpc) is 2.64. The molecular formula is C12H16N4. The van der Waals surface area contributed by atoms with Gasteiger partial charge in [0, 0.05) is 18.4 Å². The molecule has 4 heteroatoms. The third-order valence-corrected chi connectivity index (χ3v) is 2.30. The van der Waals surface area contributed by atoms with Crippen molar-refractivity contribution in [2.75, 3.05) is 11.9 Å². The van der Waals surface area contributed by atoms with Gasteiger partial charge < -0.3 is 5.32 Å². The zero-order chi connectivity index (χ0) is 11.4. The van der Waals surface area contributed by atoms with Crippen LogP contribution in [0.5, 0.6) is 0 Å². The summed E-state index contributed by atoms with van der Waals surface area (Å²) in [6, 6.07) is 5.96. The normalized spacial score (nSPS) is 10.4. The van der Waals surface area contributed by atoms with Gasteiger partial charge in [-0.05, 0) is 31.5 Å². The molecule has 84 valence electrons. The van der Waals surface area contributed by atoms with Crippen LogP contribution in [0.1, 0.15) is 11.3 Å². The van der Waals surface area contributed by atoms with Crippen LogP contribution in [0.25, 0.3) is 0 Å². The van der Waals surface area contributed by atoms with Crippen LogP contribution in [0.4, 0.5) is 5.82 Å². The van der Waals surface area contributed by atoms with Gasteiger partial charge in [0.1, 0.15) is 5.82 Å². The molecule has 16 heavy (non-hydrogen) atoms. The molecule has 0 radical (unpaired) electrons. The molecule has 2 heterocycles. The van der Waals surface area contributed by atoms with Gasteiger partial charge >= 0.3 is 0 Å². The number of hydrogen-bond acceptors (Lipinski definition) is 3. The lowest BCUT2D eigenvalue weighted by molar-refractivity contribution is 0.636. The zero-order valence-electron chi connectivity index (χ0n) is 9.64. The first-order valence-electron chi connectivity index (χ1n) is 5.40. The van der Waals surface area contributed by atoms with E-state index in [-0.39, 0.29) is 0 Å². The molecule has 2 rings (SSSR count). The van der Waals surface area contributed by atoms with Gasteiger partial charge in [-0.15, -0.1) is 0 Å². The van der Waals surface area contributed by atoms with Gasteiger partial charge in [-0.1, -0.05) is 6.07 Å². The first kappa shape index (κ1) is 10.7. The Balaban J connectivity index is 1.84. The van der Waals surface area contributed by atoms with Crippen LogP contribution in [0.15, 0.2) is 30.6 Å². The highest BCUT2D eigenvalue weighted by atomic mass is 15.3. The summed E-state index contributed by atoms with van der Waals surface area (Å²) in [6.45, 7) is 5.71. The molecule has 2 aromatic rings. The Morgan fingerprint density at radius 2 is 2.19 bits per heavy atom. The van der Waals surface area contributed by atoms with E-state index in [4.69, 9.17) is 0 Å². The monoisotopic (exact) mass is 216 g/mol. The Labute approximate surface area is 95.3 Å². The van der Waals surface area contributed by atoms with Crippen LogP contribution in [0.2, 0.25) is 0 Å². The van der Waals surface area contributed by atoms with Crippen molar-refractivity contribution in [2.24, 2.45) is 0 Å². The largest absolute Gasteiger partial charge is 0.368 e. The van der Waals surface area contributed by atoms with Gasteiger partial charge in [0.25, 0.3) is 0 Å². The number of rotatable bonds is 4. The van der Waals surface area contributed by atoms with Crippen molar-refractivity contribution in [1.29, 1.82) is 0 Å². The van der Waals surface area contributed by atoms with Crippen LogP contribution in [-0.4, -0.2) is 21.3 Å². The van der Waals surface area contributed by atoms with Gasteiger partial charge in [-0.3, -0.25) is 4.68 Å². The summed E-state index contributed by atoms with van der Waals surface area (Å²) in [7, 11) is 0. The molecule has 0 fully saturated rings. The molecule has 0 aliphatic carbocycles. The van der Waals surface area contributed by atoms with E-state index >= 15 is 0 Å². The number of anilines is 1. The third-order valence-electron chi connectivity index (χ3n) is 2.30. The lowest BCUT2D eigenvalue weighted by Gasteiger charge is -2.06. The van der Waals surface area contributed by atoms with E-state index in [1.165, 1.54) is 5.56 Å². The van der Waals surface area contributed by atoms with Gasteiger partial charge in [-0.2, -0.15) is 5.10 Å². The van der Waals surface area contributed by atoms with Gasteiger partial charge in [0.2, 0.25) is 0 Å². The van der Waals surface area contributed by atoms with Gasteiger partial charge in [-0.25, -0.2) is 4.98 Å². The minimum absolute atomic E-state index is 0.831. The van der Waals surface area contributed by atoms with Gasteiger partial charge in [0.15, 0.2) is 0 Å². The van der Waals surface area contributed by atoms with Crippen molar-refractivity contribution in [1.82, 2.24) is 14.8 Å². The summed E-state index contributed by atoms with van der Waals surface area (Å²) in [5, 5.41) is 7.49. The average molecular weight is 216 g/mol. The maximum Gasteiger partial charge on any atom is 0.126 e. The molecule has 0 atom stereocenters. The lowest BCUT2D eigenvalue weighted by Crippen LogP contribution is -2.11. The molecule has 1 N–H and O–H groups in total. The van der Waals surface area contributed by atoms with E-state index in [2.05, 4.69) is 15.4 Å². The van der Waals surface area contributed by atoms with E-state index < -0.39 is 0 Å². The van der Waals surface area contributed by atoms with Crippen LogP contribution in [-0.2, 0) is 6.54 Å². The minimum atomic E-state index is 0.831. The Morgan fingerprint density at radius 1 is 1.31 bits per heavy atom. The fraction of sp³-hybridized carbons (Fsp3) is 0.333. The molecule has 0 saturated carbocycles. The fourth-order valence-electron chi connectivity index (χ4n) is 1.53. The standard InChI is InChI=1S/C12H16N4/c1-10-8-14-16(9-10)7-6-13-12-5-3-4-11(2)15-12/h3-5,8-9H,6-7H2,1-2H3,(H,13,15). The van der Waals surface area contributed by atoms with Crippen LogP contribution < -0.4 is 5.32 Å². The van der Waals surface area contributed by atoms with E-state index in [0.29, 0.717) is 0 Å². The highest BCUT2D eigenvalue weighted by Gasteiger charge is 1.95. The molecule has 0 unspecified atom stereocenters.